The fraction of sp³-hybridized carbons (Fsp3) is 0.500. The van der Waals surface area contributed by atoms with Gasteiger partial charge in [0.1, 0.15) is 11.4 Å². The smallest absolute Gasteiger partial charge is 0.191 e. The number of hydrogen-bond acceptors (Lipinski definition) is 4. The highest BCUT2D eigenvalue weighted by molar-refractivity contribution is 7.10. The van der Waals surface area contributed by atoms with Crippen molar-refractivity contribution in [2.75, 3.05) is 26.7 Å². The predicted octanol–water partition coefficient (Wildman–Crippen LogP) is 3.57. The fourth-order valence-corrected chi connectivity index (χ4v) is 5.01. The molecule has 2 aliphatic heterocycles. The second-order valence-electron chi connectivity index (χ2n) is 8.19. The van der Waals surface area contributed by atoms with Crippen molar-refractivity contribution in [3.05, 3.63) is 51.7 Å². The SMILES string of the molecule is CN=C(NCCN1CCc2sccc2C1)NC1CC(C)(C)Oc2ccccc21. The molecule has 0 radical (unpaired) electrons. The van der Waals surface area contributed by atoms with Crippen molar-refractivity contribution in [1.82, 2.24) is 15.5 Å². The summed E-state index contributed by atoms with van der Waals surface area (Å²) in [7, 11) is 1.84. The van der Waals surface area contributed by atoms with Crippen LogP contribution in [0.2, 0.25) is 0 Å². The van der Waals surface area contributed by atoms with Gasteiger partial charge in [-0.05, 0) is 43.3 Å². The van der Waals surface area contributed by atoms with Gasteiger partial charge >= 0.3 is 0 Å². The van der Waals surface area contributed by atoms with Gasteiger partial charge in [-0.1, -0.05) is 18.2 Å². The van der Waals surface area contributed by atoms with Gasteiger partial charge < -0.3 is 15.4 Å². The molecule has 1 atom stereocenters. The second-order valence-corrected chi connectivity index (χ2v) is 9.20. The first kappa shape index (κ1) is 19.3. The minimum atomic E-state index is -0.198. The quantitative estimate of drug-likeness (QED) is 0.611. The van der Waals surface area contributed by atoms with E-state index in [-0.39, 0.29) is 11.6 Å². The van der Waals surface area contributed by atoms with Crippen molar-refractivity contribution in [2.24, 2.45) is 4.99 Å². The highest BCUT2D eigenvalue weighted by atomic mass is 32.1. The molecule has 0 amide bonds. The maximum atomic E-state index is 6.14. The van der Waals surface area contributed by atoms with Crippen molar-refractivity contribution < 1.29 is 4.74 Å². The Morgan fingerprint density at radius 2 is 2.18 bits per heavy atom. The Morgan fingerprint density at radius 3 is 3.04 bits per heavy atom. The normalized spacial score (nSPS) is 21.4. The Labute approximate surface area is 171 Å². The molecule has 5 nitrogen and oxygen atoms in total. The fourth-order valence-electron chi connectivity index (χ4n) is 4.12. The van der Waals surface area contributed by atoms with Gasteiger partial charge in [0.25, 0.3) is 0 Å². The lowest BCUT2D eigenvalue weighted by Crippen LogP contribution is -2.47. The van der Waals surface area contributed by atoms with Crippen molar-refractivity contribution in [3.63, 3.8) is 0 Å². The molecule has 4 rings (SSSR count). The summed E-state index contributed by atoms with van der Waals surface area (Å²) in [6.07, 6.45) is 2.08. The molecule has 0 saturated heterocycles. The van der Waals surface area contributed by atoms with Crippen LogP contribution in [-0.4, -0.2) is 43.1 Å². The number of thiophene rings is 1. The summed E-state index contributed by atoms with van der Waals surface area (Å²) in [4.78, 5) is 8.52. The molecule has 28 heavy (non-hydrogen) atoms. The maximum absolute atomic E-state index is 6.14. The third kappa shape index (κ3) is 4.33. The first-order valence-electron chi connectivity index (χ1n) is 10.1. The van der Waals surface area contributed by atoms with Crippen LogP contribution in [0.4, 0.5) is 0 Å². The standard InChI is InChI=1S/C22H30N4OS/c1-22(2)14-18(17-6-4-5-7-19(17)27-22)25-21(23-3)24-10-12-26-11-8-20-16(15-26)9-13-28-20/h4-7,9,13,18H,8,10-12,14-15H2,1-3H3,(H2,23,24,25). The third-order valence-electron chi connectivity index (χ3n) is 5.52. The van der Waals surface area contributed by atoms with Crippen molar-refractivity contribution in [2.45, 2.75) is 44.9 Å². The number of hydrogen-bond donors (Lipinski definition) is 2. The number of rotatable bonds is 4. The van der Waals surface area contributed by atoms with Crippen LogP contribution in [0.5, 0.6) is 5.75 Å². The van der Waals surface area contributed by atoms with Gasteiger partial charge in [0.05, 0.1) is 6.04 Å². The van der Waals surface area contributed by atoms with Gasteiger partial charge in [0.15, 0.2) is 5.96 Å². The molecule has 0 saturated carbocycles. The van der Waals surface area contributed by atoms with Gasteiger partial charge in [0.2, 0.25) is 0 Å². The van der Waals surface area contributed by atoms with Crippen LogP contribution in [-0.2, 0) is 13.0 Å². The molecule has 0 bridgehead atoms. The van der Waals surface area contributed by atoms with E-state index in [1.807, 2.05) is 24.5 Å². The van der Waals surface area contributed by atoms with Gasteiger partial charge in [-0.3, -0.25) is 9.89 Å². The number of nitrogens with zero attached hydrogens (tertiary/aromatic N) is 2. The third-order valence-corrected chi connectivity index (χ3v) is 6.54. The van der Waals surface area contributed by atoms with E-state index in [2.05, 4.69) is 64.0 Å². The van der Waals surface area contributed by atoms with Crippen molar-refractivity contribution in [3.8, 4) is 5.75 Å². The Kier molecular flexibility index (Phi) is 5.60. The van der Waals surface area contributed by atoms with E-state index in [0.717, 1.165) is 44.3 Å². The molecule has 6 heteroatoms. The largest absolute Gasteiger partial charge is 0.487 e. The molecular weight excluding hydrogens is 368 g/mol. The summed E-state index contributed by atoms with van der Waals surface area (Å²) >= 11 is 1.89. The Hall–Kier alpha value is -2.05. The van der Waals surface area contributed by atoms with E-state index >= 15 is 0 Å². The van der Waals surface area contributed by atoms with Crippen LogP contribution in [0, 0.1) is 0 Å². The summed E-state index contributed by atoms with van der Waals surface area (Å²) in [6.45, 7) is 8.39. The average Bonchev–Trinajstić information content (AvgIpc) is 3.14. The number of para-hydroxylation sites is 1. The minimum absolute atomic E-state index is 0.189. The summed E-state index contributed by atoms with van der Waals surface area (Å²) in [5.41, 5.74) is 2.50. The zero-order valence-corrected chi connectivity index (χ0v) is 17.8. The highest BCUT2D eigenvalue weighted by Crippen LogP contribution is 2.39. The van der Waals surface area contributed by atoms with Crippen molar-refractivity contribution >= 4 is 17.3 Å². The molecule has 0 aliphatic carbocycles. The number of benzene rings is 1. The Bertz CT molecular complexity index is 845. The lowest BCUT2D eigenvalue weighted by molar-refractivity contribution is 0.0694. The molecule has 2 aromatic rings. The second kappa shape index (κ2) is 8.13. The molecule has 2 aliphatic rings. The number of nitrogens with one attached hydrogen (secondary N) is 2. The molecule has 3 heterocycles. The lowest BCUT2D eigenvalue weighted by Gasteiger charge is -2.38. The molecule has 0 spiro atoms. The molecule has 1 aromatic carbocycles. The van der Waals surface area contributed by atoms with Gasteiger partial charge in [-0.15, -0.1) is 11.3 Å². The van der Waals surface area contributed by atoms with E-state index in [1.165, 1.54) is 17.5 Å². The van der Waals surface area contributed by atoms with Crippen LogP contribution in [0.1, 0.15) is 42.3 Å². The summed E-state index contributed by atoms with van der Waals surface area (Å²) in [5, 5.41) is 9.32. The lowest BCUT2D eigenvalue weighted by atomic mass is 9.90. The molecule has 1 unspecified atom stereocenters. The van der Waals surface area contributed by atoms with E-state index in [9.17, 15) is 0 Å². The van der Waals surface area contributed by atoms with Gasteiger partial charge in [-0.25, -0.2) is 0 Å². The van der Waals surface area contributed by atoms with Crippen LogP contribution in [0.25, 0.3) is 0 Å². The minimum Gasteiger partial charge on any atom is -0.487 e. The molecule has 0 fully saturated rings. The van der Waals surface area contributed by atoms with Gasteiger partial charge in [0, 0.05) is 50.1 Å². The van der Waals surface area contributed by atoms with E-state index in [1.54, 1.807) is 4.88 Å². The molecule has 150 valence electrons. The van der Waals surface area contributed by atoms with E-state index in [4.69, 9.17) is 4.74 Å². The average molecular weight is 399 g/mol. The first-order valence-corrected chi connectivity index (χ1v) is 10.9. The Morgan fingerprint density at radius 1 is 1.32 bits per heavy atom. The number of fused-ring (bicyclic) bond motifs is 2. The zero-order chi connectivity index (χ0) is 19.6. The monoisotopic (exact) mass is 398 g/mol. The Balaban J connectivity index is 1.33. The number of guanidine groups is 1. The van der Waals surface area contributed by atoms with Crippen LogP contribution in [0.15, 0.2) is 40.7 Å². The summed E-state index contributed by atoms with van der Waals surface area (Å²) < 4.78 is 6.14. The summed E-state index contributed by atoms with van der Waals surface area (Å²) in [6, 6.07) is 10.7. The van der Waals surface area contributed by atoms with Crippen molar-refractivity contribution in [1.29, 1.82) is 0 Å². The zero-order valence-electron chi connectivity index (χ0n) is 17.0. The van der Waals surface area contributed by atoms with Crippen LogP contribution >= 0.6 is 11.3 Å². The van der Waals surface area contributed by atoms with E-state index in [0.29, 0.717) is 0 Å². The van der Waals surface area contributed by atoms with Crippen LogP contribution < -0.4 is 15.4 Å². The first-order chi connectivity index (χ1) is 13.5. The topological polar surface area (TPSA) is 48.9 Å². The molecular formula is C22H30N4OS. The molecule has 1 aromatic heterocycles. The highest BCUT2D eigenvalue weighted by Gasteiger charge is 2.33. The van der Waals surface area contributed by atoms with E-state index < -0.39 is 0 Å². The molecule has 2 N–H and O–H groups in total. The summed E-state index contributed by atoms with van der Waals surface area (Å²) in [5.74, 6) is 1.82. The maximum Gasteiger partial charge on any atom is 0.191 e. The number of aliphatic imine (C=N–C) groups is 1. The predicted molar refractivity (Wildman–Crippen MR) is 116 cm³/mol. The number of ether oxygens (including phenoxy) is 1. The van der Waals surface area contributed by atoms with Crippen LogP contribution in [0.3, 0.4) is 0 Å². The van der Waals surface area contributed by atoms with Gasteiger partial charge in [-0.2, -0.15) is 0 Å².